The third-order valence-corrected chi connectivity index (χ3v) is 5.82. The largest absolute Gasteiger partial charge is 0.494 e. The van der Waals surface area contributed by atoms with Crippen molar-refractivity contribution in [3.8, 4) is 5.75 Å². The van der Waals surface area contributed by atoms with E-state index in [1.807, 2.05) is 30.3 Å². The van der Waals surface area contributed by atoms with Gasteiger partial charge in [-0.1, -0.05) is 49.2 Å². The summed E-state index contributed by atoms with van der Waals surface area (Å²) in [6, 6.07) is 20.3. The number of ether oxygens (including phenoxy) is 1. The van der Waals surface area contributed by atoms with Crippen LogP contribution in [-0.2, 0) is 10.2 Å². The molecule has 1 aromatic heterocycles. The van der Waals surface area contributed by atoms with Crippen molar-refractivity contribution in [3.05, 3.63) is 84.2 Å². The zero-order valence-electron chi connectivity index (χ0n) is 17.4. The molecule has 158 valence electrons. The maximum atomic E-state index is 13.4. The van der Waals surface area contributed by atoms with Gasteiger partial charge in [0.15, 0.2) is 0 Å². The number of benzene rings is 2. The number of anilines is 2. The molecule has 0 aliphatic heterocycles. The van der Waals surface area contributed by atoms with Gasteiger partial charge in [-0.3, -0.25) is 14.6 Å². The first-order valence-corrected chi connectivity index (χ1v) is 10.4. The van der Waals surface area contributed by atoms with Crippen molar-refractivity contribution in [1.29, 1.82) is 0 Å². The fourth-order valence-corrected chi connectivity index (χ4v) is 4.19. The van der Waals surface area contributed by atoms with Crippen molar-refractivity contribution >= 4 is 23.2 Å². The number of hydrogen-bond acceptors (Lipinski definition) is 4. The van der Waals surface area contributed by atoms with Crippen molar-refractivity contribution in [2.24, 2.45) is 0 Å². The van der Waals surface area contributed by atoms with E-state index in [4.69, 9.17) is 4.74 Å². The second kappa shape index (κ2) is 9.00. The first-order valence-electron chi connectivity index (χ1n) is 10.4. The third kappa shape index (κ3) is 4.28. The summed E-state index contributed by atoms with van der Waals surface area (Å²) in [4.78, 5) is 29.8. The van der Waals surface area contributed by atoms with Gasteiger partial charge in [0.2, 0.25) is 5.91 Å². The summed E-state index contributed by atoms with van der Waals surface area (Å²) in [5.41, 5.74) is 1.99. The lowest BCUT2D eigenvalue weighted by Crippen LogP contribution is -2.37. The molecule has 31 heavy (non-hydrogen) atoms. The molecule has 0 radical (unpaired) electrons. The third-order valence-electron chi connectivity index (χ3n) is 5.82. The van der Waals surface area contributed by atoms with Gasteiger partial charge in [-0.15, -0.1) is 0 Å². The van der Waals surface area contributed by atoms with Crippen molar-refractivity contribution in [2.45, 2.75) is 31.1 Å². The van der Waals surface area contributed by atoms with Gasteiger partial charge >= 0.3 is 0 Å². The minimum atomic E-state index is -0.514. The minimum Gasteiger partial charge on any atom is -0.494 e. The molecular weight excluding hydrogens is 390 g/mol. The Balaban J connectivity index is 1.54. The molecule has 1 saturated carbocycles. The molecule has 1 heterocycles. The van der Waals surface area contributed by atoms with Crippen molar-refractivity contribution in [2.75, 3.05) is 17.7 Å². The number of carbonyl (C=O) groups is 2. The Morgan fingerprint density at radius 3 is 2.35 bits per heavy atom. The number of aromatic nitrogens is 1. The van der Waals surface area contributed by atoms with E-state index in [0.29, 0.717) is 22.8 Å². The molecule has 3 aromatic rings. The Morgan fingerprint density at radius 2 is 1.68 bits per heavy atom. The molecule has 0 atom stereocenters. The van der Waals surface area contributed by atoms with Crippen LogP contribution in [0.1, 0.15) is 41.7 Å². The average Bonchev–Trinajstić information content (AvgIpc) is 3.32. The molecule has 0 saturated heterocycles. The standard InChI is InChI=1S/C25H25N3O3/c1-31-22-17-19(12-13-20(22)28-23(29)21-11-5-8-16-26-21)27-24(30)25(14-6-7-15-25)18-9-3-2-4-10-18/h2-5,8-13,16-17H,6-7,14-15H2,1H3,(H,27,30)(H,28,29). The molecule has 1 fully saturated rings. The Kier molecular flexibility index (Phi) is 5.98. The molecule has 6 nitrogen and oxygen atoms in total. The van der Waals surface area contributed by atoms with Gasteiger partial charge in [0.1, 0.15) is 11.4 Å². The van der Waals surface area contributed by atoms with Gasteiger partial charge in [-0.25, -0.2) is 0 Å². The molecular formula is C25H25N3O3. The van der Waals surface area contributed by atoms with Crippen LogP contribution in [-0.4, -0.2) is 23.9 Å². The monoisotopic (exact) mass is 415 g/mol. The lowest BCUT2D eigenvalue weighted by Gasteiger charge is -2.28. The van der Waals surface area contributed by atoms with Gasteiger partial charge in [-0.05, 0) is 42.7 Å². The molecule has 1 aliphatic rings. The lowest BCUT2D eigenvalue weighted by molar-refractivity contribution is -0.121. The van der Waals surface area contributed by atoms with E-state index in [-0.39, 0.29) is 11.8 Å². The molecule has 2 N–H and O–H groups in total. The number of methoxy groups -OCH3 is 1. The molecule has 0 bridgehead atoms. The van der Waals surface area contributed by atoms with E-state index in [0.717, 1.165) is 31.2 Å². The molecule has 2 aromatic carbocycles. The molecule has 2 amide bonds. The van der Waals surface area contributed by atoms with Crippen LogP contribution in [0.2, 0.25) is 0 Å². The first-order chi connectivity index (χ1) is 15.1. The molecule has 4 rings (SSSR count). The van der Waals surface area contributed by atoms with Crippen LogP contribution in [0, 0.1) is 0 Å². The lowest BCUT2D eigenvalue weighted by atomic mass is 9.78. The summed E-state index contributed by atoms with van der Waals surface area (Å²) < 4.78 is 5.45. The second-order valence-corrected chi connectivity index (χ2v) is 7.69. The Bertz CT molecular complexity index is 1060. The van der Waals surface area contributed by atoms with E-state index < -0.39 is 5.41 Å². The topological polar surface area (TPSA) is 80.3 Å². The van der Waals surface area contributed by atoms with E-state index in [1.165, 1.54) is 7.11 Å². The SMILES string of the molecule is COc1cc(NC(=O)C2(c3ccccc3)CCCC2)ccc1NC(=O)c1ccccn1. The molecule has 6 heteroatoms. The fourth-order valence-electron chi connectivity index (χ4n) is 4.19. The van der Waals surface area contributed by atoms with Crippen molar-refractivity contribution in [1.82, 2.24) is 4.98 Å². The minimum absolute atomic E-state index is 0.0106. The second-order valence-electron chi connectivity index (χ2n) is 7.69. The number of nitrogens with one attached hydrogen (secondary N) is 2. The highest BCUT2D eigenvalue weighted by Gasteiger charge is 2.42. The van der Waals surface area contributed by atoms with Gasteiger partial charge in [0.05, 0.1) is 18.2 Å². The number of carbonyl (C=O) groups excluding carboxylic acids is 2. The first kappa shape index (κ1) is 20.6. The summed E-state index contributed by atoms with van der Waals surface area (Å²) >= 11 is 0. The van der Waals surface area contributed by atoms with Crippen LogP contribution in [0.15, 0.2) is 72.9 Å². The predicted molar refractivity (Wildman–Crippen MR) is 120 cm³/mol. The van der Waals surface area contributed by atoms with Crippen LogP contribution in [0.25, 0.3) is 0 Å². The summed E-state index contributed by atoms with van der Waals surface area (Å²) in [5.74, 6) is 0.121. The fraction of sp³-hybridized carbons (Fsp3) is 0.240. The quantitative estimate of drug-likeness (QED) is 0.606. The maximum Gasteiger partial charge on any atom is 0.274 e. The Morgan fingerprint density at radius 1 is 0.935 bits per heavy atom. The summed E-state index contributed by atoms with van der Waals surface area (Å²) in [5, 5.41) is 5.87. The van der Waals surface area contributed by atoms with Crippen LogP contribution in [0.5, 0.6) is 5.75 Å². The summed E-state index contributed by atoms with van der Waals surface area (Å²) in [6.45, 7) is 0. The van der Waals surface area contributed by atoms with Gasteiger partial charge in [0, 0.05) is 18.0 Å². The number of pyridine rings is 1. The van der Waals surface area contributed by atoms with Crippen molar-refractivity contribution in [3.63, 3.8) is 0 Å². The summed E-state index contributed by atoms with van der Waals surface area (Å²) in [6.07, 6.45) is 5.29. The average molecular weight is 415 g/mol. The smallest absolute Gasteiger partial charge is 0.274 e. The highest BCUT2D eigenvalue weighted by molar-refractivity contribution is 6.04. The van der Waals surface area contributed by atoms with Gasteiger partial charge in [0.25, 0.3) is 5.91 Å². The summed E-state index contributed by atoms with van der Waals surface area (Å²) in [7, 11) is 1.53. The predicted octanol–water partition coefficient (Wildman–Crippen LogP) is 4.79. The van der Waals surface area contributed by atoms with E-state index in [1.54, 1.807) is 42.6 Å². The molecule has 0 spiro atoms. The number of amides is 2. The number of hydrogen-bond donors (Lipinski definition) is 2. The number of rotatable bonds is 6. The maximum absolute atomic E-state index is 13.4. The molecule has 0 unspecified atom stereocenters. The van der Waals surface area contributed by atoms with Crippen molar-refractivity contribution < 1.29 is 14.3 Å². The zero-order valence-corrected chi connectivity index (χ0v) is 17.4. The Hall–Kier alpha value is -3.67. The van der Waals surface area contributed by atoms with E-state index in [9.17, 15) is 9.59 Å². The zero-order chi connectivity index (χ0) is 21.7. The molecule has 1 aliphatic carbocycles. The van der Waals surface area contributed by atoms with Crippen LogP contribution in [0.3, 0.4) is 0 Å². The Labute approximate surface area is 181 Å². The normalized spacial score (nSPS) is 14.6. The van der Waals surface area contributed by atoms with E-state index in [2.05, 4.69) is 15.6 Å². The van der Waals surface area contributed by atoms with Gasteiger partial charge < -0.3 is 15.4 Å². The highest BCUT2D eigenvalue weighted by atomic mass is 16.5. The van der Waals surface area contributed by atoms with Gasteiger partial charge in [-0.2, -0.15) is 0 Å². The van der Waals surface area contributed by atoms with Crippen LogP contribution in [0.4, 0.5) is 11.4 Å². The van der Waals surface area contributed by atoms with Crippen LogP contribution < -0.4 is 15.4 Å². The van der Waals surface area contributed by atoms with E-state index >= 15 is 0 Å². The number of nitrogens with zero attached hydrogens (tertiary/aromatic N) is 1. The van der Waals surface area contributed by atoms with Crippen LogP contribution >= 0.6 is 0 Å². The highest BCUT2D eigenvalue weighted by Crippen LogP contribution is 2.42.